The average molecular weight is 308 g/mol. The third-order valence-electron chi connectivity index (χ3n) is 2.31. The van der Waals surface area contributed by atoms with Crippen LogP contribution < -0.4 is 11.1 Å². The fourth-order valence-corrected chi connectivity index (χ4v) is 1.79. The summed E-state index contributed by atoms with van der Waals surface area (Å²) in [6, 6.07) is 6.55. The number of aromatic nitrogens is 1. The maximum Gasteiger partial charge on any atom is 0.259 e. The minimum atomic E-state index is -0.441. The Bertz CT molecular complexity index is 602. The van der Waals surface area contributed by atoms with Gasteiger partial charge in [-0.1, -0.05) is 15.9 Å². The second-order valence-electron chi connectivity index (χ2n) is 3.58. The average Bonchev–Trinajstić information content (AvgIpc) is 2.33. The van der Waals surface area contributed by atoms with E-state index in [0.717, 1.165) is 4.47 Å². The largest absolute Gasteiger partial charge is 0.505 e. The van der Waals surface area contributed by atoms with Crippen LogP contribution in [-0.4, -0.2) is 16.0 Å². The Kier molecular flexibility index (Phi) is 3.47. The van der Waals surface area contributed by atoms with Gasteiger partial charge in [-0.05, 0) is 24.3 Å². The van der Waals surface area contributed by atoms with Crippen LogP contribution in [0.4, 0.5) is 11.4 Å². The van der Waals surface area contributed by atoms with Crippen molar-refractivity contribution in [3.63, 3.8) is 0 Å². The fraction of sp³-hybridized carbons (Fsp3) is 0. The summed E-state index contributed by atoms with van der Waals surface area (Å²) in [6.07, 6.45) is 2.64. The third-order valence-corrected chi connectivity index (χ3v) is 2.80. The summed E-state index contributed by atoms with van der Waals surface area (Å²) < 4.78 is 0.824. The lowest BCUT2D eigenvalue weighted by atomic mass is 10.2. The number of amides is 1. The number of carbonyl (C=O) groups excluding carboxylic acids is 1. The Hall–Kier alpha value is -2.08. The Morgan fingerprint density at radius 3 is 2.83 bits per heavy atom. The number of rotatable bonds is 2. The van der Waals surface area contributed by atoms with Crippen molar-refractivity contribution in [3.05, 3.63) is 46.7 Å². The van der Waals surface area contributed by atoms with Crippen molar-refractivity contribution in [2.45, 2.75) is 0 Å². The number of nitrogens with zero attached hydrogens (tertiary/aromatic N) is 1. The number of pyridine rings is 1. The molecule has 92 valence electrons. The first-order valence-corrected chi connectivity index (χ1v) is 5.86. The molecule has 0 radical (unpaired) electrons. The van der Waals surface area contributed by atoms with E-state index >= 15 is 0 Å². The van der Waals surface area contributed by atoms with E-state index in [1.807, 2.05) is 0 Å². The van der Waals surface area contributed by atoms with Crippen LogP contribution in [0, 0.1) is 0 Å². The van der Waals surface area contributed by atoms with Crippen LogP contribution in [0.15, 0.2) is 41.1 Å². The quantitative estimate of drug-likeness (QED) is 0.743. The van der Waals surface area contributed by atoms with Gasteiger partial charge in [-0.25, -0.2) is 0 Å². The Morgan fingerprint density at radius 1 is 1.39 bits per heavy atom. The van der Waals surface area contributed by atoms with Gasteiger partial charge in [0.15, 0.2) is 0 Å². The van der Waals surface area contributed by atoms with Gasteiger partial charge in [-0.3, -0.25) is 9.78 Å². The molecule has 2 aromatic rings. The number of anilines is 2. The maximum absolute atomic E-state index is 11.9. The number of aromatic hydroxyl groups is 1. The predicted molar refractivity (Wildman–Crippen MR) is 72.4 cm³/mol. The molecule has 6 heteroatoms. The molecule has 1 aromatic carbocycles. The lowest BCUT2D eigenvalue weighted by Gasteiger charge is -2.09. The zero-order chi connectivity index (χ0) is 13.1. The summed E-state index contributed by atoms with van der Waals surface area (Å²) in [7, 11) is 0. The molecule has 0 unspecified atom stereocenters. The fourth-order valence-electron chi connectivity index (χ4n) is 1.42. The number of nitrogens with two attached hydrogens (primary N) is 1. The van der Waals surface area contributed by atoms with Crippen LogP contribution in [0.2, 0.25) is 0 Å². The molecular weight excluding hydrogens is 298 g/mol. The topological polar surface area (TPSA) is 88.2 Å². The predicted octanol–water partition coefficient (Wildman–Crippen LogP) is 2.38. The van der Waals surface area contributed by atoms with E-state index in [0.29, 0.717) is 11.4 Å². The van der Waals surface area contributed by atoms with Gasteiger partial charge in [-0.15, -0.1) is 0 Å². The third kappa shape index (κ3) is 2.60. The number of carbonyl (C=O) groups is 1. The number of hydrogen-bond donors (Lipinski definition) is 3. The molecule has 0 aliphatic rings. The van der Waals surface area contributed by atoms with Gasteiger partial charge in [0.25, 0.3) is 5.91 Å². The Balaban J connectivity index is 2.24. The standard InChI is InChI=1S/C12H10BrN3O2/c13-7-1-2-10(9(14)5-7)16-12(18)8-3-4-15-6-11(8)17/h1-6,17H,14H2,(H,16,18). The van der Waals surface area contributed by atoms with E-state index in [4.69, 9.17) is 5.73 Å². The second-order valence-corrected chi connectivity index (χ2v) is 4.49. The lowest BCUT2D eigenvalue weighted by molar-refractivity contribution is 0.102. The summed E-state index contributed by atoms with van der Waals surface area (Å²) in [5, 5.41) is 12.1. The molecule has 0 fully saturated rings. The highest BCUT2D eigenvalue weighted by Gasteiger charge is 2.12. The van der Waals surface area contributed by atoms with Gasteiger partial charge in [0.05, 0.1) is 23.1 Å². The number of benzene rings is 1. The van der Waals surface area contributed by atoms with E-state index in [2.05, 4.69) is 26.2 Å². The van der Waals surface area contributed by atoms with Crippen molar-refractivity contribution in [3.8, 4) is 5.75 Å². The minimum absolute atomic E-state index is 0.146. The lowest BCUT2D eigenvalue weighted by Crippen LogP contribution is -2.13. The number of hydrogen-bond acceptors (Lipinski definition) is 4. The van der Waals surface area contributed by atoms with Crippen molar-refractivity contribution >= 4 is 33.2 Å². The summed E-state index contributed by atoms with van der Waals surface area (Å²) >= 11 is 3.28. The van der Waals surface area contributed by atoms with E-state index in [9.17, 15) is 9.90 Å². The van der Waals surface area contributed by atoms with Gasteiger partial charge in [0.1, 0.15) is 5.75 Å². The van der Waals surface area contributed by atoms with Gasteiger partial charge in [0, 0.05) is 10.7 Å². The van der Waals surface area contributed by atoms with Gasteiger partial charge >= 0.3 is 0 Å². The molecule has 0 saturated carbocycles. The number of halogens is 1. The first-order chi connectivity index (χ1) is 8.58. The van der Waals surface area contributed by atoms with E-state index in [1.165, 1.54) is 18.5 Å². The molecule has 0 spiro atoms. The van der Waals surface area contributed by atoms with E-state index in [-0.39, 0.29) is 11.3 Å². The molecule has 0 bridgehead atoms. The highest BCUT2D eigenvalue weighted by atomic mass is 79.9. The Labute approximate surface area is 112 Å². The molecule has 1 heterocycles. The maximum atomic E-state index is 11.9. The van der Waals surface area contributed by atoms with Crippen molar-refractivity contribution in [2.75, 3.05) is 11.1 Å². The van der Waals surface area contributed by atoms with Crippen LogP contribution in [0.3, 0.4) is 0 Å². The number of nitrogens with one attached hydrogen (secondary N) is 1. The molecule has 4 N–H and O–H groups in total. The number of nitrogen functional groups attached to an aromatic ring is 1. The van der Waals surface area contributed by atoms with Crippen LogP contribution in [-0.2, 0) is 0 Å². The molecule has 0 aliphatic carbocycles. The van der Waals surface area contributed by atoms with Crippen molar-refractivity contribution in [1.82, 2.24) is 4.98 Å². The molecular formula is C12H10BrN3O2. The molecule has 0 aliphatic heterocycles. The monoisotopic (exact) mass is 307 g/mol. The smallest absolute Gasteiger partial charge is 0.259 e. The summed E-state index contributed by atoms with van der Waals surface area (Å²) in [6.45, 7) is 0. The first kappa shape index (κ1) is 12.4. The van der Waals surface area contributed by atoms with Gasteiger partial charge in [-0.2, -0.15) is 0 Å². The Morgan fingerprint density at radius 2 is 2.17 bits per heavy atom. The van der Waals surface area contributed by atoms with Crippen LogP contribution >= 0.6 is 15.9 Å². The SMILES string of the molecule is Nc1cc(Br)ccc1NC(=O)c1ccncc1O. The van der Waals surface area contributed by atoms with Crippen LogP contribution in [0.5, 0.6) is 5.75 Å². The van der Waals surface area contributed by atoms with Gasteiger partial charge < -0.3 is 16.2 Å². The molecule has 5 nitrogen and oxygen atoms in total. The molecule has 2 rings (SSSR count). The van der Waals surface area contributed by atoms with Crippen LogP contribution in [0.1, 0.15) is 10.4 Å². The molecule has 0 saturated heterocycles. The first-order valence-electron chi connectivity index (χ1n) is 5.07. The molecule has 0 atom stereocenters. The summed E-state index contributed by atoms with van der Waals surface area (Å²) in [5.74, 6) is -0.616. The molecule has 1 amide bonds. The van der Waals surface area contributed by atoms with Crippen molar-refractivity contribution in [2.24, 2.45) is 0 Å². The second kappa shape index (κ2) is 5.05. The minimum Gasteiger partial charge on any atom is -0.505 e. The van der Waals surface area contributed by atoms with Crippen LogP contribution in [0.25, 0.3) is 0 Å². The highest BCUT2D eigenvalue weighted by Crippen LogP contribution is 2.24. The van der Waals surface area contributed by atoms with Crippen molar-refractivity contribution < 1.29 is 9.90 Å². The normalized spacial score (nSPS) is 10.1. The molecule has 1 aromatic heterocycles. The highest BCUT2D eigenvalue weighted by molar-refractivity contribution is 9.10. The zero-order valence-corrected chi connectivity index (χ0v) is 10.8. The van der Waals surface area contributed by atoms with E-state index in [1.54, 1.807) is 18.2 Å². The molecule has 18 heavy (non-hydrogen) atoms. The summed E-state index contributed by atoms with van der Waals surface area (Å²) in [4.78, 5) is 15.6. The summed E-state index contributed by atoms with van der Waals surface area (Å²) in [5.41, 5.74) is 6.83. The zero-order valence-electron chi connectivity index (χ0n) is 9.22. The van der Waals surface area contributed by atoms with E-state index < -0.39 is 5.91 Å². The van der Waals surface area contributed by atoms with Gasteiger partial charge in [0.2, 0.25) is 0 Å². The van der Waals surface area contributed by atoms with Crippen molar-refractivity contribution in [1.29, 1.82) is 0 Å².